The summed E-state index contributed by atoms with van der Waals surface area (Å²) in [5.41, 5.74) is 3.10. The molecule has 2 aromatic carbocycles. The fourth-order valence-corrected chi connectivity index (χ4v) is 6.32. The van der Waals surface area contributed by atoms with Crippen LogP contribution in [0.1, 0.15) is 67.0 Å². The molecule has 0 bridgehead atoms. The monoisotopic (exact) mass is 544 g/mol. The first-order valence-electron chi connectivity index (χ1n) is 13.1. The molecule has 1 N–H and O–H groups in total. The van der Waals surface area contributed by atoms with Crippen LogP contribution in [0.15, 0.2) is 47.9 Å². The zero-order valence-electron chi connectivity index (χ0n) is 21.0. The number of fused-ring (bicyclic) bond motifs is 1. The molecule has 0 saturated carbocycles. The number of nitrogens with one attached hydrogen (secondary N) is 1. The van der Waals surface area contributed by atoms with Crippen LogP contribution in [0.2, 0.25) is 0 Å². The van der Waals surface area contributed by atoms with Gasteiger partial charge in [0.1, 0.15) is 17.3 Å². The lowest BCUT2D eigenvalue weighted by Crippen LogP contribution is -2.44. The van der Waals surface area contributed by atoms with Crippen molar-refractivity contribution in [2.45, 2.75) is 57.3 Å². The lowest BCUT2D eigenvalue weighted by atomic mass is 9.91. The van der Waals surface area contributed by atoms with Gasteiger partial charge in [-0.1, -0.05) is 25.0 Å². The highest BCUT2D eigenvalue weighted by molar-refractivity contribution is 7.92. The van der Waals surface area contributed by atoms with Gasteiger partial charge >= 0.3 is 0 Å². The number of hydrogen-bond acceptors (Lipinski definition) is 4. The maximum Gasteiger partial charge on any atom is 0.246 e. The molecule has 2 aliphatic rings. The van der Waals surface area contributed by atoms with Gasteiger partial charge in [0.05, 0.1) is 11.4 Å². The van der Waals surface area contributed by atoms with E-state index in [-0.39, 0.29) is 17.4 Å². The minimum absolute atomic E-state index is 0.0693. The first kappa shape index (κ1) is 26.6. The Hall–Kier alpha value is -2.95. The number of halogens is 3. The van der Waals surface area contributed by atoms with Crippen molar-refractivity contribution in [3.8, 4) is 5.69 Å². The number of aromatic nitrogens is 2. The molecule has 1 aromatic heterocycles. The Bertz CT molecular complexity index is 1410. The summed E-state index contributed by atoms with van der Waals surface area (Å²) in [6.07, 6.45) is 8.23. The normalized spacial score (nSPS) is 19.0. The van der Waals surface area contributed by atoms with Crippen molar-refractivity contribution >= 4 is 16.1 Å². The van der Waals surface area contributed by atoms with Gasteiger partial charge < -0.3 is 0 Å². The largest absolute Gasteiger partial charge is 0.246 e. The third-order valence-electron chi connectivity index (χ3n) is 7.22. The number of sulfonamides is 1. The summed E-state index contributed by atoms with van der Waals surface area (Å²) in [6.45, 7) is 1.32. The molecular weight excluding hydrogens is 513 g/mol. The molecule has 10 heteroatoms. The molecule has 1 saturated heterocycles. The first-order chi connectivity index (χ1) is 18.3. The third-order valence-corrected chi connectivity index (χ3v) is 8.23. The molecule has 1 aliphatic carbocycles. The standard InChI is InChI=1S/C28H31F3N4O2S/c29-22-10-8-20(9-11-22)18-21-6-2-3-7-24-26(14-17-38(36,37)33-34-15-4-1-5-16-34)32-35(28(21)24)27-13-12-23(30)19-25(27)31/h8-14,17,19,21,33H,1-7,15-16,18H2. The van der Waals surface area contributed by atoms with E-state index in [1.807, 2.05) is 0 Å². The number of hydrogen-bond donors (Lipinski definition) is 1. The summed E-state index contributed by atoms with van der Waals surface area (Å²) in [6, 6.07) is 9.65. The molecule has 0 radical (unpaired) electrons. The molecule has 1 aliphatic heterocycles. The molecular formula is C28H31F3N4O2S. The van der Waals surface area contributed by atoms with Gasteiger partial charge in [-0.3, -0.25) is 0 Å². The Kier molecular flexibility index (Phi) is 8.01. The van der Waals surface area contributed by atoms with Crippen molar-refractivity contribution in [1.29, 1.82) is 0 Å². The van der Waals surface area contributed by atoms with Gasteiger partial charge in [0, 0.05) is 36.0 Å². The van der Waals surface area contributed by atoms with Crippen molar-refractivity contribution < 1.29 is 21.6 Å². The molecule has 0 amide bonds. The molecule has 6 nitrogen and oxygen atoms in total. The second kappa shape index (κ2) is 11.4. The minimum atomic E-state index is -3.76. The number of piperidine rings is 1. The Balaban J connectivity index is 1.55. The fraction of sp³-hybridized carbons (Fsp3) is 0.393. The highest BCUT2D eigenvalue weighted by Gasteiger charge is 2.29. The van der Waals surface area contributed by atoms with Crippen LogP contribution in [-0.2, 0) is 22.9 Å². The Morgan fingerprint density at radius 1 is 0.947 bits per heavy atom. The van der Waals surface area contributed by atoms with Gasteiger partial charge in [0.15, 0.2) is 5.82 Å². The van der Waals surface area contributed by atoms with Crippen molar-refractivity contribution in [3.05, 3.63) is 87.8 Å². The van der Waals surface area contributed by atoms with Gasteiger partial charge in [-0.05, 0) is 74.4 Å². The molecule has 2 heterocycles. The number of nitrogens with zero attached hydrogens (tertiary/aromatic N) is 3. The topological polar surface area (TPSA) is 67.2 Å². The van der Waals surface area contributed by atoms with Gasteiger partial charge in [-0.2, -0.15) is 5.10 Å². The Labute approximate surface area is 221 Å². The van der Waals surface area contributed by atoms with Crippen LogP contribution in [0, 0.1) is 17.5 Å². The highest BCUT2D eigenvalue weighted by Crippen LogP contribution is 2.37. The predicted molar refractivity (Wildman–Crippen MR) is 140 cm³/mol. The zero-order valence-corrected chi connectivity index (χ0v) is 21.9. The van der Waals surface area contributed by atoms with Crippen molar-refractivity contribution in [2.24, 2.45) is 0 Å². The van der Waals surface area contributed by atoms with Gasteiger partial charge in [0.2, 0.25) is 10.0 Å². The van der Waals surface area contributed by atoms with Crippen molar-refractivity contribution in [3.63, 3.8) is 0 Å². The summed E-state index contributed by atoms with van der Waals surface area (Å²) in [5, 5.41) is 7.46. The third kappa shape index (κ3) is 6.19. The molecule has 3 aromatic rings. The van der Waals surface area contributed by atoms with Gasteiger partial charge in [-0.15, -0.1) is 4.83 Å². The van der Waals surface area contributed by atoms with Crippen LogP contribution >= 0.6 is 0 Å². The smallest absolute Gasteiger partial charge is 0.234 e. The molecule has 1 atom stereocenters. The second-order valence-corrected chi connectivity index (χ2v) is 11.6. The Morgan fingerprint density at radius 3 is 2.42 bits per heavy atom. The number of rotatable bonds is 7. The lowest BCUT2D eigenvalue weighted by molar-refractivity contribution is 0.201. The average molecular weight is 545 g/mol. The molecule has 5 rings (SSSR count). The maximum absolute atomic E-state index is 15.0. The molecule has 1 unspecified atom stereocenters. The quantitative estimate of drug-likeness (QED) is 0.392. The van der Waals surface area contributed by atoms with Crippen LogP contribution in [-0.4, -0.2) is 36.3 Å². The summed E-state index contributed by atoms with van der Waals surface area (Å²) in [4.78, 5) is 2.61. The molecule has 1 fully saturated rings. The summed E-state index contributed by atoms with van der Waals surface area (Å²) < 4.78 is 69.3. The molecule has 0 spiro atoms. The number of hydrazine groups is 1. The lowest BCUT2D eigenvalue weighted by Gasteiger charge is -2.25. The van der Waals surface area contributed by atoms with Gasteiger partial charge in [-0.25, -0.2) is 31.3 Å². The zero-order chi connectivity index (χ0) is 26.7. The summed E-state index contributed by atoms with van der Waals surface area (Å²) >= 11 is 0. The fourth-order valence-electron chi connectivity index (χ4n) is 5.41. The van der Waals surface area contributed by atoms with Crippen LogP contribution < -0.4 is 4.83 Å². The van der Waals surface area contributed by atoms with E-state index in [0.29, 0.717) is 31.6 Å². The average Bonchev–Trinajstić information content (AvgIpc) is 3.11. The van der Waals surface area contributed by atoms with Crippen LogP contribution in [0.4, 0.5) is 13.2 Å². The van der Waals surface area contributed by atoms with Crippen molar-refractivity contribution in [1.82, 2.24) is 19.6 Å². The minimum Gasteiger partial charge on any atom is -0.234 e. The molecule has 202 valence electrons. The van der Waals surface area contributed by atoms with E-state index in [1.165, 1.54) is 35.0 Å². The van der Waals surface area contributed by atoms with E-state index in [1.54, 1.807) is 17.1 Å². The van der Waals surface area contributed by atoms with Gasteiger partial charge in [0.25, 0.3) is 0 Å². The second-order valence-electron chi connectivity index (χ2n) is 10.0. The SMILES string of the molecule is O=S(=O)(C=Cc1nn(-c2ccc(F)cc2F)c2c1CCCCC2Cc1ccc(F)cc1)NN1CCCCC1. The van der Waals surface area contributed by atoms with E-state index >= 15 is 0 Å². The van der Waals surface area contributed by atoms with Crippen LogP contribution in [0.3, 0.4) is 0 Å². The summed E-state index contributed by atoms with van der Waals surface area (Å²) in [7, 11) is -3.76. The highest BCUT2D eigenvalue weighted by atomic mass is 32.2. The predicted octanol–water partition coefficient (Wildman–Crippen LogP) is 5.63. The summed E-state index contributed by atoms with van der Waals surface area (Å²) in [5.74, 6) is -1.84. The van der Waals surface area contributed by atoms with Crippen LogP contribution in [0.5, 0.6) is 0 Å². The van der Waals surface area contributed by atoms with E-state index in [4.69, 9.17) is 0 Å². The van der Waals surface area contributed by atoms with E-state index < -0.39 is 21.7 Å². The van der Waals surface area contributed by atoms with E-state index in [2.05, 4.69) is 9.93 Å². The maximum atomic E-state index is 15.0. The van der Waals surface area contributed by atoms with Crippen LogP contribution in [0.25, 0.3) is 11.8 Å². The van der Waals surface area contributed by atoms with E-state index in [0.717, 1.165) is 66.8 Å². The Morgan fingerprint density at radius 2 is 1.68 bits per heavy atom. The van der Waals surface area contributed by atoms with E-state index in [9.17, 15) is 21.6 Å². The number of benzene rings is 2. The first-order valence-corrected chi connectivity index (χ1v) is 14.6. The molecule has 38 heavy (non-hydrogen) atoms. The van der Waals surface area contributed by atoms with Crippen molar-refractivity contribution in [2.75, 3.05) is 13.1 Å².